The molecule has 0 unspecified atom stereocenters. The van der Waals surface area contributed by atoms with Gasteiger partial charge in [-0.15, -0.1) is 0 Å². The third kappa shape index (κ3) is 8.45. The molecule has 0 atom stereocenters. The summed E-state index contributed by atoms with van der Waals surface area (Å²) in [7, 11) is 0. The highest BCUT2D eigenvalue weighted by atomic mass is 15.0. The molecular weight excluding hydrogens is 921 g/mol. The Kier molecular flexibility index (Phi) is 11.5. The predicted octanol–water partition coefficient (Wildman–Crippen LogP) is 15.9. The maximum Gasteiger partial charge on any atom is 0.196 e. The van der Waals surface area contributed by atoms with Crippen molar-refractivity contribution in [3.05, 3.63) is 252 Å². The fraction of sp³-hybridized carbons (Fsp3) is 0. The van der Waals surface area contributed by atoms with Gasteiger partial charge in [-0.05, 0) is 89.0 Å². The topological polar surface area (TPSA) is 126 Å². The zero-order chi connectivity index (χ0) is 50.8. The monoisotopic (exact) mass is 956 g/mol. The molecule has 10 heteroatoms. The lowest BCUT2D eigenvalue weighted by Gasteiger charge is -2.17. The van der Waals surface area contributed by atoms with Crippen LogP contribution in [-0.4, -0.2) is 29.5 Å². The average Bonchev–Trinajstić information content (AvgIpc) is 3.88. The SMILES string of the molecule is [C-]#[N+]c1ccc(-c2ccc3c(c2)c2cc(-c4ccc(C#N)cc4[N+]#[C-])ccc2n3-c2ccc(-c3nc(-c4ccccc4)nc(-c4ccccc4)n3)cc2-c2nc(-c3ccccc3)cc(-c3ccccc3)n2)c(C#N)c1. The quantitative estimate of drug-likeness (QED) is 0.132. The molecule has 0 radical (unpaired) electrons. The molecular formula is C65H36N10. The second-order valence-electron chi connectivity index (χ2n) is 17.7. The van der Waals surface area contributed by atoms with Crippen molar-refractivity contribution < 1.29 is 0 Å². The summed E-state index contributed by atoms with van der Waals surface area (Å²) in [6.07, 6.45) is 0. The molecule has 0 aliphatic rings. The van der Waals surface area contributed by atoms with Crippen molar-refractivity contribution in [1.29, 1.82) is 10.5 Å². The Morgan fingerprint density at radius 2 is 0.880 bits per heavy atom. The summed E-state index contributed by atoms with van der Waals surface area (Å²) in [5, 5.41) is 21.8. The summed E-state index contributed by atoms with van der Waals surface area (Å²) in [5.74, 6) is 1.98. The lowest BCUT2D eigenvalue weighted by atomic mass is 9.97. The molecule has 3 aromatic heterocycles. The fourth-order valence-electron chi connectivity index (χ4n) is 9.57. The Hall–Kier alpha value is -11.2. The van der Waals surface area contributed by atoms with Crippen molar-refractivity contribution in [3.63, 3.8) is 0 Å². The number of rotatable bonds is 9. The number of benzene rings is 9. The van der Waals surface area contributed by atoms with Gasteiger partial charge in [-0.25, -0.2) is 34.6 Å². The van der Waals surface area contributed by atoms with Crippen LogP contribution in [0.1, 0.15) is 11.1 Å². The Balaban J connectivity index is 1.16. The van der Waals surface area contributed by atoms with Crippen LogP contribution >= 0.6 is 0 Å². The molecule has 0 saturated heterocycles. The molecule has 346 valence electrons. The lowest BCUT2D eigenvalue weighted by Crippen LogP contribution is -2.04. The first-order valence-corrected chi connectivity index (χ1v) is 23.9. The van der Waals surface area contributed by atoms with Gasteiger partial charge in [-0.2, -0.15) is 10.5 Å². The molecule has 0 bridgehead atoms. The van der Waals surface area contributed by atoms with Crippen molar-refractivity contribution in [1.82, 2.24) is 29.5 Å². The number of fused-ring (bicyclic) bond motifs is 3. The van der Waals surface area contributed by atoms with Gasteiger partial charge in [0.15, 0.2) is 34.7 Å². The van der Waals surface area contributed by atoms with Crippen molar-refractivity contribution in [2.45, 2.75) is 0 Å². The minimum atomic E-state index is 0.364. The molecule has 0 spiro atoms. The number of hydrogen-bond acceptors (Lipinski definition) is 7. The summed E-state index contributed by atoms with van der Waals surface area (Å²) in [5.41, 5.74) is 13.4. The molecule has 9 aromatic carbocycles. The van der Waals surface area contributed by atoms with Crippen LogP contribution in [0.4, 0.5) is 11.4 Å². The summed E-state index contributed by atoms with van der Waals surface area (Å²) in [6, 6.07) is 75.1. The summed E-state index contributed by atoms with van der Waals surface area (Å²) >= 11 is 0. The summed E-state index contributed by atoms with van der Waals surface area (Å²) in [4.78, 5) is 33.4. The van der Waals surface area contributed by atoms with Gasteiger partial charge in [0.05, 0.1) is 53.4 Å². The molecule has 3 heterocycles. The van der Waals surface area contributed by atoms with Crippen molar-refractivity contribution >= 4 is 33.2 Å². The van der Waals surface area contributed by atoms with E-state index in [4.69, 9.17) is 38.1 Å². The Morgan fingerprint density at radius 3 is 1.40 bits per heavy atom. The normalized spacial score (nSPS) is 10.9. The van der Waals surface area contributed by atoms with E-state index >= 15 is 0 Å². The van der Waals surface area contributed by atoms with Gasteiger partial charge in [-0.3, -0.25) is 0 Å². The number of hydrogen-bond donors (Lipinski definition) is 0. The van der Waals surface area contributed by atoms with E-state index in [1.54, 1.807) is 24.3 Å². The van der Waals surface area contributed by atoms with Gasteiger partial charge in [0.2, 0.25) is 0 Å². The molecule has 75 heavy (non-hydrogen) atoms. The first-order chi connectivity index (χ1) is 37.0. The third-order valence-corrected chi connectivity index (χ3v) is 13.2. The van der Waals surface area contributed by atoms with E-state index < -0.39 is 0 Å². The Labute approximate surface area is 431 Å². The van der Waals surface area contributed by atoms with Gasteiger partial charge in [0.25, 0.3) is 0 Å². The molecule has 0 amide bonds. The highest BCUT2D eigenvalue weighted by Crippen LogP contribution is 2.43. The zero-order valence-electron chi connectivity index (χ0n) is 39.8. The van der Waals surface area contributed by atoms with Crippen LogP contribution in [0, 0.1) is 35.8 Å². The van der Waals surface area contributed by atoms with E-state index in [1.807, 2.05) is 158 Å². The molecule has 0 aliphatic carbocycles. The number of nitrogens with zero attached hydrogens (tertiary/aromatic N) is 10. The maximum absolute atomic E-state index is 10.3. The summed E-state index contributed by atoms with van der Waals surface area (Å²) in [6.45, 7) is 15.7. The molecule has 12 rings (SSSR count). The van der Waals surface area contributed by atoms with Gasteiger partial charge in [0.1, 0.15) is 0 Å². The second kappa shape index (κ2) is 19.2. The van der Waals surface area contributed by atoms with Gasteiger partial charge >= 0.3 is 0 Å². The van der Waals surface area contributed by atoms with Gasteiger partial charge in [0, 0.05) is 55.3 Å². The Morgan fingerprint density at radius 1 is 0.373 bits per heavy atom. The van der Waals surface area contributed by atoms with Crippen LogP contribution in [-0.2, 0) is 0 Å². The minimum absolute atomic E-state index is 0.364. The standard InChI is InChI=1S/C65H36N10/c1-68-50-27-29-51(49(34-50)40-67)46-24-30-59-53(35-46)54-36-47(52-28-23-41(39-66)33-58(52)69-2)25-31-60(54)75(59)61-32-26-48(64-73-62(44-19-11-5-12-20-44)72-63(74-64)45-21-13-6-14-22-45)37-55(61)65-70-56(42-15-7-3-8-16-42)38-57(71-65)43-17-9-4-10-18-43/h3-38H. The average molecular weight is 957 g/mol. The molecule has 0 aliphatic heterocycles. The third-order valence-electron chi connectivity index (χ3n) is 13.2. The van der Waals surface area contributed by atoms with Crippen LogP contribution in [0.2, 0.25) is 0 Å². The first kappa shape index (κ1) is 45.0. The maximum atomic E-state index is 10.3. The van der Waals surface area contributed by atoms with Gasteiger partial charge in [-0.1, -0.05) is 152 Å². The van der Waals surface area contributed by atoms with Crippen molar-refractivity contribution in [3.8, 4) is 108 Å². The van der Waals surface area contributed by atoms with Gasteiger partial charge < -0.3 is 4.57 Å². The lowest BCUT2D eigenvalue weighted by molar-refractivity contribution is 1.07. The van der Waals surface area contributed by atoms with Crippen LogP contribution in [0.15, 0.2) is 218 Å². The van der Waals surface area contributed by atoms with E-state index in [0.717, 1.165) is 72.3 Å². The highest BCUT2D eigenvalue weighted by molar-refractivity contribution is 6.12. The molecule has 0 fully saturated rings. The number of aromatic nitrogens is 6. The number of nitriles is 2. The molecule has 10 nitrogen and oxygen atoms in total. The van der Waals surface area contributed by atoms with Crippen molar-refractivity contribution in [2.75, 3.05) is 0 Å². The smallest absolute Gasteiger partial charge is 0.196 e. The van der Waals surface area contributed by atoms with Crippen LogP contribution in [0.25, 0.3) is 128 Å². The van der Waals surface area contributed by atoms with E-state index in [2.05, 4.69) is 62.8 Å². The van der Waals surface area contributed by atoms with E-state index in [0.29, 0.717) is 68.1 Å². The van der Waals surface area contributed by atoms with Crippen LogP contribution < -0.4 is 0 Å². The molecule has 12 aromatic rings. The zero-order valence-corrected chi connectivity index (χ0v) is 39.8. The summed E-state index contributed by atoms with van der Waals surface area (Å²) < 4.78 is 2.21. The molecule has 0 saturated carbocycles. The second-order valence-corrected chi connectivity index (χ2v) is 17.7. The minimum Gasteiger partial charge on any atom is -0.308 e. The van der Waals surface area contributed by atoms with Crippen LogP contribution in [0.5, 0.6) is 0 Å². The largest absolute Gasteiger partial charge is 0.308 e. The first-order valence-electron chi connectivity index (χ1n) is 23.9. The fourth-order valence-corrected chi connectivity index (χ4v) is 9.57. The Bertz CT molecular complexity index is 4140. The van der Waals surface area contributed by atoms with E-state index in [1.165, 1.54) is 0 Å². The molecule has 0 N–H and O–H groups in total. The van der Waals surface area contributed by atoms with E-state index in [9.17, 15) is 10.5 Å². The van der Waals surface area contributed by atoms with Crippen LogP contribution in [0.3, 0.4) is 0 Å². The van der Waals surface area contributed by atoms with E-state index in [-0.39, 0.29) is 0 Å². The predicted molar refractivity (Wildman–Crippen MR) is 295 cm³/mol. The van der Waals surface area contributed by atoms with Crippen molar-refractivity contribution in [2.24, 2.45) is 0 Å². The highest BCUT2D eigenvalue weighted by Gasteiger charge is 2.23.